The number of halogens is 1. The number of rotatable bonds is 3. The molecule has 4 atom stereocenters. The van der Waals surface area contributed by atoms with E-state index in [4.69, 9.17) is 0 Å². The van der Waals surface area contributed by atoms with Gasteiger partial charge in [-0.2, -0.15) is 0 Å². The second kappa shape index (κ2) is 5.05. The van der Waals surface area contributed by atoms with E-state index in [9.17, 15) is 14.7 Å². The van der Waals surface area contributed by atoms with Crippen LogP contribution < -0.4 is 10.4 Å². The van der Waals surface area contributed by atoms with Crippen LogP contribution in [0.25, 0.3) is 0 Å². The molecule has 2 aliphatic rings. The molecule has 2 aliphatic carbocycles. The van der Waals surface area contributed by atoms with E-state index < -0.39 is 17.8 Å². The summed E-state index contributed by atoms with van der Waals surface area (Å²) in [5, 5.41) is 14.1. The van der Waals surface area contributed by atoms with Crippen LogP contribution in [-0.4, -0.2) is 11.9 Å². The minimum Gasteiger partial charge on any atom is -0.550 e. The Hall–Kier alpha value is -1.62. The molecule has 1 amide bonds. The molecule has 20 heavy (non-hydrogen) atoms. The first-order valence-corrected chi connectivity index (χ1v) is 7.32. The largest absolute Gasteiger partial charge is 0.550 e. The summed E-state index contributed by atoms with van der Waals surface area (Å²) in [4.78, 5) is 23.7. The first-order valence-electron chi connectivity index (χ1n) is 6.52. The molecule has 2 bridgehead atoms. The van der Waals surface area contributed by atoms with Gasteiger partial charge in [-0.3, -0.25) is 4.79 Å². The van der Waals surface area contributed by atoms with Crippen LogP contribution >= 0.6 is 15.9 Å². The van der Waals surface area contributed by atoms with Gasteiger partial charge in [0.2, 0.25) is 5.91 Å². The molecule has 1 N–H and O–H groups in total. The molecule has 0 spiro atoms. The molecule has 1 aromatic rings. The number of carbonyl (C=O) groups is 2. The van der Waals surface area contributed by atoms with Gasteiger partial charge in [-0.15, -0.1) is 0 Å². The van der Waals surface area contributed by atoms with Crippen LogP contribution in [0, 0.1) is 23.7 Å². The second-order valence-electron chi connectivity index (χ2n) is 5.29. The topological polar surface area (TPSA) is 69.2 Å². The molecule has 0 unspecified atom stereocenters. The molecule has 1 fully saturated rings. The number of carboxylic acids is 1. The Labute approximate surface area is 125 Å². The van der Waals surface area contributed by atoms with Crippen molar-refractivity contribution in [2.45, 2.75) is 6.42 Å². The lowest BCUT2D eigenvalue weighted by atomic mass is 9.82. The minimum atomic E-state index is -1.13. The van der Waals surface area contributed by atoms with Crippen molar-refractivity contribution in [1.29, 1.82) is 0 Å². The fraction of sp³-hybridized carbons (Fsp3) is 0.333. The van der Waals surface area contributed by atoms with E-state index in [0.29, 0.717) is 5.69 Å². The van der Waals surface area contributed by atoms with Crippen molar-refractivity contribution < 1.29 is 14.7 Å². The van der Waals surface area contributed by atoms with E-state index in [2.05, 4.69) is 21.2 Å². The fourth-order valence-corrected chi connectivity index (χ4v) is 3.66. The molecule has 1 saturated carbocycles. The Kier molecular flexibility index (Phi) is 3.38. The number of anilines is 1. The van der Waals surface area contributed by atoms with Gasteiger partial charge in [-0.1, -0.05) is 24.3 Å². The Morgan fingerprint density at radius 2 is 1.80 bits per heavy atom. The van der Waals surface area contributed by atoms with Gasteiger partial charge in [0.05, 0.1) is 11.6 Å². The average molecular weight is 335 g/mol. The maximum absolute atomic E-state index is 12.4. The Balaban J connectivity index is 1.82. The summed E-state index contributed by atoms with van der Waals surface area (Å²) in [6.07, 6.45) is 4.58. The third kappa shape index (κ3) is 2.16. The van der Waals surface area contributed by atoms with Crippen molar-refractivity contribution in [2.24, 2.45) is 23.7 Å². The van der Waals surface area contributed by atoms with Gasteiger partial charge in [-0.05, 0) is 46.3 Å². The Bertz CT molecular complexity index is 599. The number of fused-ring (bicyclic) bond motifs is 2. The first-order chi connectivity index (χ1) is 9.58. The van der Waals surface area contributed by atoms with Crippen LogP contribution in [0.4, 0.5) is 5.69 Å². The molecule has 0 heterocycles. The predicted molar refractivity (Wildman–Crippen MR) is 75.5 cm³/mol. The molecular weight excluding hydrogens is 322 g/mol. The summed E-state index contributed by atoms with van der Waals surface area (Å²) in [5.74, 6) is -2.70. The van der Waals surface area contributed by atoms with Gasteiger partial charge in [0.1, 0.15) is 0 Å². The molecule has 0 saturated heterocycles. The molecule has 0 radical (unpaired) electrons. The molecule has 1 aromatic carbocycles. The van der Waals surface area contributed by atoms with Crippen molar-refractivity contribution in [3.05, 3.63) is 40.9 Å². The van der Waals surface area contributed by atoms with Gasteiger partial charge in [0, 0.05) is 16.4 Å². The summed E-state index contributed by atoms with van der Waals surface area (Å²) in [5.41, 5.74) is 0.654. The van der Waals surface area contributed by atoms with E-state index in [0.717, 1.165) is 10.9 Å². The molecule has 104 valence electrons. The smallest absolute Gasteiger partial charge is 0.228 e. The highest BCUT2D eigenvalue weighted by Gasteiger charge is 2.48. The van der Waals surface area contributed by atoms with Crippen molar-refractivity contribution in [3.63, 3.8) is 0 Å². The van der Waals surface area contributed by atoms with Crippen LogP contribution in [0.5, 0.6) is 0 Å². The van der Waals surface area contributed by atoms with Gasteiger partial charge < -0.3 is 15.2 Å². The van der Waals surface area contributed by atoms with Crippen molar-refractivity contribution in [2.75, 3.05) is 5.32 Å². The minimum absolute atomic E-state index is 0.00499. The zero-order chi connectivity index (χ0) is 14.3. The normalized spacial score (nSPS) is 30.4. The van der Waals surface area contributed by atoms with Gasteiger partial charge in [-0.25, -0.2) is 0 Å². The Morgan fingerprint density at radius 1 is 1.15 bits per heavy atom. The zero-order valence-electron chi connectivity index (χ0n) is 10.6. The first kappa shape index (κ1) is 13.4. The number of amides is 1. The number of hydrogen-bond donors (Lipinski definition) is 1. The number of nitrogens with one attached hydrogen (secondary N) is 1. The predicted octanol–water partition coefficient (Wildman–Crippen LogP) is 1.58. The van der Waals surface area contributed by atoms with Crippen LogP contribution in [0.1, 0.15) is 6.42 Å². The second-order valence-corrected chi connectivity index (χ2v) is 6.14. The van der Waals surface area contributed by atoms with Crippen LogP contribution in [0.3, 0.4) is 0 Å². The number of para-hydroxylation sites is 1. The summed E-state index contributed by atoms with van der Waals surface area (Å²) in [6, 6.07) is 7.27. The highest BCUT2D eigenvalue weighted by Crippen LogP contribution is 2.48. The van der Waals surface area contributed by atoms with Crippen LogP contribution in [0.15, 0.2) is 40.9 Å². The van der Waals surface area contributed by atoms with Crippen molar-refractivity contribution in [1.82, 2.24) is 0 Å². The highest BCUT2D eigenvalue weighted by molar-refractivity contribution is 9.10. The maximum Gasteiger partial charge on any atom is 0.228 e. The third-order valence-corrected chi connectivity index (χ3v) is 4.86. The van der Waals surface area contributed by atoms with E-state index in [1.165, 1.54) is 0 Å². The number of carboxylic acid groups (broad SMARTS) is 1. The standard InChI is InChI=1S/C15H14BrNO3/c16-10-3-1-2-4-11(10)17-14(18)12-8-5-6-9(7-8)13(12)15(19)20/h1-6,8-9,12-13H,7H2,(H,17,18)(H,19,20)/p-1/t8-,9-,12+,13-/m0/s1. The number of benzene rings is 1. The summed E-state index contributed by atoms with van der Waals surface area (Å²) in [7, 11) is 0. The average Bonchev–Trinajstić information content (AvgIpc) is 3.01. The lowest BCUT2D eigenvalue weighted by Gasteiger charge is -2.27. The quantitative estimate of drug-likeness (QED) is 0.853. The van der Waals surface area contributed by atoms with Crippen molar-refractivity contribution >= 4 is 33.5 Å². The van der Waals surface area contributed by atoms with Gasteiger partial charge >= 0.3 is 0 Å². The lowest BCUT2D eigenvalue weighted by molar-refractivity contribution is -0.313. The van der Waals surface area contributed by atoms with Gasteiger partial charge in [0.25, 0.3) is 0 Å². The van der Waals surface area contributed by atoms with E-state index in [-0.39, 0.29) is 17.7 Å². The Morgan fingerprint density at radius 3 is 2.45 bits per heavy atom. The molecule has 0 aliphatic heterocycles. The fourth-order valence-electron chi connectivity index (χ4n) is 3.28. The monoisotopic (exact) mass is 334 g/mol. The summed E-state index contributed by atoms with van der Waals surface area (Å²) in [6.45, 7) is 0. The molecule has 0 aromatic heterocycles. The van der Waals surface area contributed by atoms with Crippen LogP contribution in [0.2, 0.25) is 0 Å². The number of aliphatic carboxylic acids is 1. The lowest BCUT2D eigenvalue weighted by Crippen LogP contribution is -2.42. The maximum atomic E-state index is 12.4. The van der Waals surface area contributed by atoms with Crippen LogP contribution in [-0.2, 0) is 9.59 Å². The molecule has 5 heteroatoms. The number of carbonyl (C=O) groups excluding carboxylic acids is 2. The molecular formula is C15H13BrNO3-. The number of hydrogen-bond acceptors (Lipinski definition) is 3. The van der Waals surface area contributed by atoms with E-state index in [1.54, 1.807) is 6.07 Å². The molecule has 4 nitrogen and oxygen atoms in total. The zero-order valence-corrected chi connectivity index (χ0v) is 12.2. The van der Waals surface area contributed by atoms with Crippen molar-refractivity contribution in [3.8, 4) is 0 Å². The van der Waals surface area contributed by atoms with E-state index >= 15 is 0 Å². The number of allylic oxidation sites excluding steroid dienone is 2. The summed E-state index contributed by atoms with van der Waals surface area (Å²) < 4.78 is 0.775. The molecule has 3 rings (SSSR count). The summed E-state index contributed by atoms with van der Waals surface area (Å²) >= 11 is 3.36. The SMILES string of the molecule is O=C([O-])[C@@H]1[C@H](C(=O)Nc2ccccc2Br)[C@H]2C=C[C@H]1C2. The highest BCUT2D eigenvalue weighted by atomic mass is 79.9. The van der Waals surface area contributed by atoms with E-state index in [1.807, 2.05) is 30.4 Å². The third-order valence-electron chi connectivity index (χ3n) is 4.17. The van der Waals surface area contributed by atoms with Gasteiger partial charge in [0.15, 0.2) is 0 Å².